The van der Waals surface area contributed by atoms with Crippen LogP contribution < -0.4 is 20.7 Å². The Hall–Kier alpha value is -2.30. The Morgan fingerprint density at radius 3 is 2.77 bits per heavy atom. The van der Waals surface area contributed by atoms with E-state index in [2.05, 4.69) is 15.0 Å². The Morgan fingerprint density at radius 2 is 2.20 bits per heavy atom. The predicted molar refractivity (Wildman–Crippen MR) is 108 cm³/mol. The number of amides is 2. The van der Waals surface area contributed by atoms with Crippen LogP contribution in [-0.2, 0) is 14.3 Å². The van der Waals surface area contributed by atoms with Gasteiger partial charge in [0.15, 0.2) is 5.75 Å². The van der Waals surface area contributed by atoms with E-state index in [1.807, 2.05) is 6.92 Å². The lowest BCUT2D eigenvalue weighted by Crippen LogP contribution is -2.54. The summed E-state index contributed by atoms with van der Waals surface area (Å²) >= 11 is 0. The highest BCUT2D eigenvalue weighted by Crippen LogP contribution is 2.34. The van der Waals surface area contributed by atoms with Crippen molar-refractivity contribution in [3.8, 4) is 5.75 Å². The van der Waals surface area contributed by atoms with Crippen LogP contribution in [0.25, 0.3) is 0 Å². The van der Waals surface area contributed by atoms with Crippen molar-refractivity contribution in [3.05, 3.63) is 18.2 Å². The minimum Gasteiger partial charge on any atom is -0.433 e. The normalized spacial score (nSPS) is 18.5. The van der Waals surface area contributed by atoms with Crippen molar-refractivity contribution in [2.75, 3.05) is 43.1 Å². The van der Waals surface area contributed by atoms with Gasteiger partial charge in [0.05, 0.1) is 12.3 Å². The fraction of sp³-hybridized carbons (Fsp3) is 0.600. The van der Waals surface area contributed by atoms with Gasteiger partial charge in [0.2, 0.25) is 5.91 Å². The first-order valence-corrected chi connectivity index (χ1v) is 10.2. The Kier molecular flexibility index (Phi) is 7.57. The molecule has 1 aromatic carbocycles. The standard InChI is InChI=1S/C20H28F2N4O4/c1-2-25(14-4-3-5-14)16(11-23)19(28)24-13-6-7-15(17(10-13)30-20(21)22)26-8-9-29-12-18(26)27/h6-7,10,14,16,20H,2-5,8-9,11-12,23H2,1H3,(H,24,28)/t16-/m0/s1. The average molecular weight is 426 g/mol. The van der Waals surface area contributed by atoms with Crippen molar-refractivity contribution in [3.63, 3.8) is 0 Å². The smallest absolute Gasteiger partial charge is 0.387 e. The van der Waals surface area contributed by atoms with Gasteiger partial charge < -0.3 is 25.4 Å². The number of carbonyl (C=O) groups is 2. The molecule has 10 heteroatoms. The summed E-state index contributed by atoms with van der Waals surface area (Å²) in [6.45, 7) is 0.151. The van der Waals surface area contributed by atoms with Gasteiger partial charge in [-0.15, -0.1) is 0 Å². The first-order valence-electron chi connectivity index (χ1n) is 10.2. The number of nitrogens with zero attached hydrogens (tertiary/aromatic N) is 2. The number of hydrogen-bond acceptors (Lipinski definition) is 6. The van der Waals surface area contributed by atoms with Crippen LogP contribution in [0.5, 0.6) is 5.75 Å². The Balaban J connectivity index is 1.79. The van der Waals surface area contributed by atoms with Crippen LogP contribution in [0.1, 0.15) is 26.2 Å². The number of benzene rings is 1. The molecule has 1 aliphatic carbocycles. The summed E-state index contributed by atoms with van der Waals surface area (Å²) in [5.74, 6) is -0.836. The minimum absolute atomic E-state index is 0.126. The van der Waals surface area contributed by atoms with Crippen LogP contribution in [0.3, 0.4) is 0 Å². The van der Waals surface area contributed by atoms with Crippen molar-refractivity contribution in [2.45, 2.75) is 44.9 Å². The highest BCUT2D eigenvalue weighted by atomic mass is 19.3. The van der Waals surface area contributed by atoms with E-state index in [4.69, 9.17) is 10.5 Å². The summed E-state index contributed by atoms with van der Waals surface area (Å²) in [4.78, 5) is 28.4. The molecule has 0 unspecified atom stereocenters. The first kappa shape index (κ1) is 22.4. The van der Waals surface area contributed by atoms with E-state index >= 15 is 0 Å². The Morgan fingerprint density at radius 1 is 1.43 bits per heavy atom. The molecule has 30 heavy (non-hydrogen) atoms. The molecular formula is C20H28F2N4O4. The van der Waals surface area contributed by atoms with E-state index in [0.29, 0.717) is 24.9 Å². The fourth-order valence-electron chi connectivity index (χ4n) is 3.85. The monoisotopic (exact) mass is 426 g/mol. The van der Waals surface area contributed by atoms with Gasteiger partial charge >= 0.3 is 6.61 Å². The third-order valence-electron chi connectivity index (χ3n) is 5.56. The number of hydrogen-bond donors (Lipinski definition) is 2. The molecule has 166 valence electrons. The predicted octanol–water partition coefficient (Wildman–Crippen LogP) is 1.79. The number of carbonyl (C=O) groups excluding carboxylic acids is 2. The summed E-state index contributed by atoms with van der Waals surface area (Å²) in [5, 5.41) is 2.75. The lowest BCUT2D eigenvalue weighted by Gasteiger charge is -2.40. The van der Waals surface area contributed by atoms with E-state index < -0.39 is 12.7 Å². The molecule has 0 bridgehead atoms. The average Bonchev–Trinajstić information content (AvgIpc) is 2.67. The molecule has 2 fully saturated rings. The Labute approximate surface area is 174 Å². The number of halogens is 2. The van der Waals surface area contributed by atoms with E-state index in [1.165, 1.54) is 17.0 Å². The second-order valence-electron chi connectivity index (χ2n) is 7.31. The number of nitrogens with two attached hydrogens (primary N) is 1. The molecule has 1 saturated carbocycles. The number of ether oxygens (including phenoxy) is 2. The fourth-order valence-corrected chi connectivity index (χ4v) is 3.85. The highest BCUT2D eigenvalue weighted by molar-refractivity contribution is 5.98. The molecular weight excluding hydrogens is 398 g/mol. The van der Waals surface area contributed by atoms with Crippen LogP contribution in [-0.4, -0.2) is 68.3 Å². The zero-order chi connectivity index (χ0) is 21.7. The van der Waals surface area contributed by atoms with Gasteiger partial charge in [-0.3, -0.25) is 14.5 Å². The van der Waals surface area contributed by atoms with Crippen molar-refractivity contribution in [1.29, 1.82) is 0 Å². The quantitative estimate of drug-likeness (QED) is 0.625. The molecule has 2 aliphatic rings. The second kappa shape index (κ2) is 10.1. The summed E-state index contributed by atoms with van der Waals surface area (Å²) < 4.78 is 35.7. The third kappa shape index (κ3) is 5.05. The number of anilines is 2. The van der Waals surface area contributed by atoms with E-state index in [9.17, 15) is 18.4 Å². The highest BCUT2D eigenvalue weighted by Gasteiger charge is 2.33. The lowest BCUT2D eigenvalue weighted by molar-refractivity contribution is -0.126. The second-order valence-corrected chi connectivity index (χ2v) is 7.31. The van der Waals surface area contributed by atoms with Crippen molar-refractivity contribution in [1.82, 2.24) is 4.90 Å². The number of morpholine rings is 1. The summed E-state index contributed by atoms with van der Waals surface area (Å²) in [5.41, 5.74) is 6.38. The van der Waals surface area contributed by atoms with Crippen LogP contribution in [0.15, 0.2) is 18.2 Å². The molecule has 1 atom stereocenters. The number of alkyl halides is 2. The van der Waals surface area contributed by atoms with Gasteiger partial charge in [-0.05, 0) is 31.5 Å². The first-order chi connectivity index (χ1) is 14.4. The van der Waals surface area contributed by atoms with Crippen LogP contribution >= 0.6 is 0 Å². The van der Waals surface area contributed by atoms with Crippen LogP contribution in [0, 0.1) is 0 Å². The van der Waals surface area contributed by atoms with Crippen molar-refractivity contribution < 1.29 is 27.8 Å². The minimum atomic E-state index is -3.07. The van der Waals surface area contributed by atoms with E-state index in [0.717, 1.165) is 19.3 Å². The van der Waals surface area contributed by atoms with Gasteiger partial charge in [0.1, 0.15) is 12.6 Å². The molecule has 8 nitrogen and oxygen atoms in total. The SMILES string of the molecule is CCN(C1CCC1)[C@@H](CN)C(=O)Nc1ccc(N2CCOCC2=O)c(OC(F)F)c1. The topological polar surface area (TPSA) is 97.1 Å². The van der Waals surface area contributed by atoms with Crippen molar-refractivity contribution in [2.24, 2.45) is 5.73 Å². The maximum atomic E-state index is 13.0. The maximum absolute atomic E-state index is 13.0. The van der Waals surface area contributed by atoms with Gasteiger partial charge in [0.25, 0.3) is 5.91 Å². The van der Waals surface area contributed by atoms with Crippen LogP contribution in [0.2, 0.25) is 0 Å². The van der Waals surface area contributed by atoms with Gasteiger partial charge in [-0.1, -0.05) is 13.3 Å². The van der Waals surface area contributed by atoms with Gasteiger partial charge in [-0.2, -0.15) is 8.78 Å². The molecule has 1 aliphatic heterocycles. The largest absolute Gasteiger partial charge is 0.433 e. The van der Waals surface area contributed by atoms with Gasteiger partial charge in [0, 0.05) is 30.9 Å². The molecule has 0 aromatic heterocycles. The zero-order valence-electron chi connectivity index (χ0n) is 17.0. The molecule has 1 heterocycles. The molecule has 0 radical (unpaired) electrons. The molecule has 3 rings (SSSR count). The van der Waals surface area contributed by atoms with Crippen LogP contribution in [0.4, 0.5) is 20.2 Å². The van der Waals surface area contributed by atoms with E-state index in [1.54, 1.807) is 6.07 Å². The molecule has 1 saturated heterocycles. The molecule has 0 spiro atoms. The van der Waals surface area contributed by atoms with Crippen molar-refractivity contribution >= 4 is 23.2 Å². The molecule has 1 aromatic rings. The number of nitrogens with one attached hydrogen (secondary N) is 1. The number of likely N-dealkylation sites (N-methyl/N-ethyl adjacent to an activating group) is 1. The molecule has 3 N–H and O–H groups in total. The third-order valence-corrected chi connectivity index (χ3v) is 5.56. The summed E-state index contributed by atoms with van der Waals surface area (Å²) in [6.07, 6.45) is 3.20. The molecule has 2 amide bonds. The summed E-state index contributed by atoms with van der Waals surface area (Å²) in [6, 6.07) is 4.16. The van der Waals surface area contributed by atoms with E-state index in [-0.39, 0.29) is 42.9 Å². The summed E-state index contributed by atoms with van der Waals surface area (Å²) in [7, 11) is 0. The Bertz CT molecular complexity index is 760. The maximum Gasteiger partial charge on any atom is 0.387 e. The number of rotatable bonds is 9. The zero-order valence-corrected chi connectivity index (χ0v) is 17.0. The lowest BCUT2D eigenvalue weighted by atomic mass is 9.90. The van der Waals surface area contributed by atoms with Gasteiger partial charge in [-0.25, -0.2) is 0 Å².